The Morgan fingerprint density at radius 1 is 1.60 bits per heavy atom. The van der Waals surface area contributed by atoms with Crippen LogP contribution < -0.4 is 16.8 Å². The third-order valence-corrected chi connectivity index (χ3v) is 2.01. The summed E-state index contributed by atoms with van der Waals surface area (Å²) in [6.07, 6.45) is 1.54. The Labute approximate surface area is 88.9 Å². The van der Waals surface area contributed by atoms with E-state index in [1.54, 1.807) is 12.1 Å². The zero-order valence-corrected chi connectivity index (χ0v) is 8.95. The highest BCUT2D eigenvalue weighted by Gasteiger charge is 2.15. The number of rotatable bonds is 4. The molecule has 0 aliphatic rings. The second kappa shape index (κ2) is 4.27. The largest absolute Gasteiger partial charge is 0.379 e. The number of hydrogen-bond acceptors (Lipinski definition) is 4. The van der Waals surface area contributed by atoms with Crippen LogP contribution >= 0.6 is 0 Å². The number of pyridine rings is 1. The molecule has 1 aromatic rings. The van der Waals surface area contributed by atoms with Crippen LogP contribution in [0.5, 0.6) is 0 Å². The molecule has 0 saturated carbocycles. The Hall–Kier alpha value is -1.62. The highest BCUT2D eigenvalue weighted by atomic mass is 16.1. The molecule has 1 rings (SSSR count). The molecule has 0 fully saturated rings. The summed E-state index contributed by atoms with van der Waals surface area (Å²) < 4.78 is 0. The van der Waals surface area contributed by atoms with E-state index in [1.165, 1.54) is 6.20 Å². The number of anilines is 1. The Morgan fingerprint density at radius 2 is 2.27 bits per heavy atom. The molecule has 0 atom stereocenters. The van der Waals surface area contributed by atoms with Crippen molar-refractivity contribution in [1.82, 2.24) is 4.98 Å². The van der Waals surface area contributed by atoms with Gasteiger partial charge in [-0.3, -0.25) is 9.78 Å². The minimum Gasteiger partial charge on any atom is -0.379 e. The number of aromatic nitrogens is 1. The smallest absolute Gasteiger partial charge is 0.267 e. The van der Waals surface area contributed by atoms with Crippen molar-refractivity contribution in [2.45, 2.75) is 19.4 Å². The Morgan fingerprint density at radius 3 is 2.80 bits per heavy atom. The molecule has 0 aromatic carbocycles. The maximum atomic E-state index is 10.9. The minimum atomic E-state index is -0.538. The molecule has 0 bridgehead atoms. The quantitative estimate of drug-likeness (QED) is 0.664. The molecule has 5 N–H and O–H groups in total. The summed E-state index contributed by atoms with van der Waals surface area (Å²) in [6, 6.07) is 3.38. The van der Waals surface area contributed by atoms with Crippen LogP contribution in [0.1, 0.15) is 24.3 Å². The second-order valence-electron chi connectivity index (χ2n) is 4.01. The van der Waals surface area contributed by atoms with Crippen LogP contribution in [-0.2, 0) is 0 Å². The van der Waals surface area contributed by atoms with Gasteiger partial charge in [0.1, 0.15) is 5.69 Å². The Kier molecular flexibility index (Phi) is 3.26. The molecule has 0 unspecified atom stereocenters. The summed E-state index contributed by atoms with van der Waals surface area (Å²) in [4.78, 5) is 14.7. The van der Waals surface area contributed by atoms with Crippen molar-refractivity contribution in [2.24, 2.45) is 11.5 Å². The molecule has 1 amide bonds. The topological polar surface area (TPSA) is 94.0 Å². The molecule has 0 saturated heterocycles. The third kappa shape index (κ3) is 3.21. The molecule has 5 heteroatoms. The average molecular weight is 208 g/mol. The van der Waals surface area contributed by atoms with Crippen LogP contribution in [-0.4, -0.2) is 23.0 Å². The van der Waals surface area contributed by atoms with Crippen molar-refractivity contribution >= 4 is 11.6 Å². The summed E-state index contributed by atoms with van der Waals surface area (Å²) >= 11 is 0. The summed E-state index contributed by atoms with van der Waals surface area (Å²) in [6.45, 7) is 4.43. The first-order valence-electron chi connectivity index (χ1n) is 4.69. The lowest BCUT2D eigenvalue weighted by molar-refractivity contribution is 0.0995. The first kappa shape index (κ1) is 11.5. The lowest BCUT2D eigenvalue weighted by Crippen LogP contribution is -2.39. The maximum absolute atomic E-state index is 10.9. The molecular formula is C10H16N4O. The van der Waals surface area contributed by atoms with Crippen molar-refractivity contribution in [2.75, 3.05) is 11.9 Å². The van der Waals surface area contributed by atoms with Crippen LogP contribution in [0, 0.1) is 0 Å². The summed E-state index contributed by atoms with van der Waals surface area (Å²) in [7, 11) is 0. The normalized spacial score (nSPS) is 11.1. The number of hydrogen-bond donors (Lipinski definition) is 3. The molecule has 5 nitrogen and oxygen atoms in total. The molecule has 0 spiro atoms. The van der Waals surface area contributed by atoms with Crippen LogP contribution in [0.4, 0.5) is 5.69 Å². The fourth-order valence-corrected chi connectivity index (χ4v) is 1.08. The molecule has 0 aliphatic heterocycles. The van der Waals surface area contributed by atoms with Gasteiger partial charge in [-0.25, -0.2) is 0 Å². The summed E-state index contributed by atoms with van der Waals surface area (Å²) in [5, 5.41) is 3.19. The molecular weight excluding hydrogens is 192 g/mol. The lowest BCUT2D eigenvalue weighted by atomic mass is 10.1. The lowest BCUT2D eigenvalue weighted by Gasteiger charge is -2.25. The fraction of sp³-hybridized carbons (Fsp3) is 0.400. The average Bonchev–Trinajstić information content (AvgIpc) is 2.17. The number of nitrogens with one attached hydrogen (secondary N) is 1. The van der Waals surface area contributed by atoms with Gasteiger partial charge in [-0.2, -0.15) is 0 Å². The number of carbonyl (C=O) groups excluding carboxylic acids is 1. The van der Waals surface area contributed by atoms with E-state index in [-0.39, 0.29) is 11.2 Å². The second-order valence-corrected chi connectivity index (χ2v) is 4.01. The molecule has 1 heterocycles. The van der Waals surface area contributed by atoms with Gasteiger partial charge in [-0.1, -0.05) is 0 Å². The third-order valence-electron chi connectivity index (χ3n) is 2.01. The highest BCUT2D eigenvalue weighted by molar-refractivity contribution is 5.91. The van der Waals surface area contributed by atoms with E-state index in [2.05, 4.69) is 10.3 Å². The van der Waals surface area contributed by atoms with Gasteiger partial charge in [0.05, 0.1) is 0 Å². The zero-order chi connectivity index (χ0) is 11.5. The Balaban J connectivity index is 2.87. The van der Waals surface area contributed by atoms with Crippen LogP contribution in [0.3, 0.4) is 0 Å². The number of carbonyl (C=O) groups is 1. The Bertz CT molecular complexity index is 362. The van der Waals surface area contributed by atoms with Crippen molar-refractivity contribution < 1.29 is 4.79 Å². The van der Waals surface area contributed by atoms with Gasteiger partial charge in [-0.05, 0) is 26.0 Å². The SMILES string of the molecule is CC(C)(CN)Nc1ccnc(C(N)=O)c1. The van der Waals surface area contributed by atoms with Gasteiger partial charge in [0.2, 0.25) is 0 Å². The monoisotopic (exact) mass is 208 g/mol. The number of nitrogens with zero attached hydrogens (tertiary/aromatic N) is 1. The van der Waals surface area contributed by atoms with Gasteiger partial charge in [0, 0.05) is 24.0 Å². The van der Waals surface area contributed by atoms with Gasteiger partial charge in [0.25, 0.3) is 5.91 Å². The highest BCUT2D eigenvalue weighted by Crippen LogP contribution is 2.14. The molecule has 1 aromatic heterocycles. The van der Waals surface area contributed by atoms with Gasteiger partial charge in [0.15, 0.2) is 0 Å². The maximum Gasteiger partial charge on any atom is 0.267 e. The predicted octanol–water partition coefficient (Wildman–Crippen LogP) is 0.330. The molecule has 0 radical (unpaired) electrons. The molecule has 15 heavy (non-hydrogen) atoms. The van der Waals surface area contributed by atoms with Crippen LogP contribution in [0.25, 0.3) is 0 Å². The predicted molar refractivity (Wildman–Crippen MR) is 59.5 cm³/mol. The van der Waals surface area contributed by atoms with E-state index in [4.69, 9.17) is 11.5 Å². The molecule has 82 valence electrons. The fourth-order valence-electron chi connectivity index (χ4n) is 1.08. The first-order chi connectivity index (χ1) is 6.94. The van der Waals surface area contributed by atoms with E-state index in [9.17, 15) is 4.79 Å². The zero-order valence-electron chi connectivity index (χ0n) is 8.95. The van der Waals surface area contributed by atoms with E-state index in [0.717, 1.165) is 5.69 Å². The van der Waals surface area contributed by atoms with E-state index in [1.807, 2.05) is 13.8 Å². The van der Waals surface area contributed by atoms with E-state index < -0.39 is 5.91 Å². The minimum absolute atomic E-state index is 0.226. The van der Waals surface area contributed by atoms with Crippen molar-refractivity contribution in [1.29, 1.82) is 0 Å². The standard InChI is InChI=1S/C10H16N4O/c1-10(2,6-11)14-7-3-4-13-8(5-7)9(12)15/h3-5H,6,11H2,1-2H3,(H2,12,15)(H,13,14). The van der Waals surface area contributed by atoms with Crippen molar-refractivity contribution in [3.05, 3.63) is 24.0 Å². The van der Waals surface area contributed by atoms with Gasteiger partial charge < -0.3 is 16.8 Å². The number of nitrogens with two attached hydrogens (primary N) is 2. The van der Waals surface area contributed by atoms with E-state index in [0.29, 0.717) is 6.54 Å². The van der Waals surface area contributed by atoms with E-state index >= 15 is 0 Å². The van der Waals surface area contributed by atoms with Crippen molar-refractivity contribution in [3.8, 4) is 0 Å². The van der Waals surface area contributed by atoms with Gasteiger partial charge >= 0.3 is 0 Å². The van der Waals surface area contributed by atoms with Gasteiger partial charge in [-0.15, -0.1) is 0 Å². The number of primary amides is 1. The summed E-state index contributed by atoms with van der Waals surface area (Å²) in [5.74, 6) is -0.538. The van der Waals surface area contributed by atoms with Crippen LogP contribution in [0.15, 0.2) is 18.3 Å². The first-order valence-corrected chi connectivity index (χ1v) is 4.69. The van der Waals surface area contributed by atoms with Crippen molar-refractivity contribution in [3.63, 3.8) is 0 Å². The number of amides is 1. The van der Waals surface area contributed by atoms with Crippen LogP contribution in [0.2, 0.25) is 0 Å². The summed E-state index contributed by atoms with van der Waals surface area (Å²) in [5.41, 5.74) is 11.5. The molecule has 0 aliphatic carbocycles.